The lowest BCUT2D eigenvalue weighted by Crippen LogP contribution is -2.11. The van der Waals surface area contributed by atoms with Crippen LogP contribution in [-0.2, 0) is 6.42 Å². The summed E-state index contributed by atoms with van der Waals surface area (Å²) in [5, 5.41) is 2.49. The summed E-state index contributed by atoms with van der Waals surface area (Å²) in [5.74, 6) is 0.927. The normalized spacial score (nSPS) is 15.6. The Kier molecular flexibility index (Phi) is 3.58. The van der Waals surface area contributed by atoms with Gasteiger partial charge in [0.1, 0.15) is 5.75 Å². The first kappa shape index (κ1) is 14.0. The second-order valence-corrected chi connectivity index (χ2v) is 5.97. The Morgan fingerprint density at radius 1 is 0.870 bits per heavy atom. The van der Waals surface area contributed by atoms with Crippen LogP contribution >= 0.6 is 0 Å². The summed E-state index contributed by atoms with van der Waals surface area (Å²) in [6, 6.07) is 21.1. The Morgan fingerprint density at radius 2 is 1.74 bits per heavy atom. The number of fused-ring (bicyclic) bond motifs is 2. The summed E-state index contributed by atoms with van der Waals surface area (Å²) in [6.07, 6.45) is 3.28. The van der Waals surface area contributed by atoms with Gasteiger partial charge in [0.05, 0.1) is 12.8 Å². The lowest BCUT2D eigenvalue weighted by molar-refractivity contribution is 0.414. The molecule has 3 aromatic carbocycles. The highest BCUT2D eigenvalue weighted by Crippen LogP contribution is 2.28. The minimum Gasteiger partial charge on any atom is -0.497 e. The van der Waals surface area contributed by atoms with Crippen molar-refractivity contribution < 1.29 is 4.74 Å². The molecule has 0 heterocycles. The highest BCUT2D eigenvalue weighted by Gasteiger charge is 2.16. The molecule has 0 unspecified atom stereocenters. The summed E-state index contributed by atoms with van der Waals surface area (Å²) in [5.41, 5.74) is 4.83. The van der Waals surface area contributed by atoms with Gasteiger partial charge in [-0.15, -0.1) is 0 Å². The molecule has 0 saturated carbocycles. The highest BCUT2D eigenvalue weighted by molar-refractivity contribution is 6.04. The van der Waals surface area contributed by atoms with Crippen molar-refractivity contribution >= 4 is 22.2 Å². The van der Waals surface area contributed by atoms with Crippen molar-refractivity contribution in [2.75, 3.05) is 7.11 Å². The maximum Gasteiger partial charge on any atom is 0.119 e. The van der Waals surface area contributed by atoms with E-state index in [0.29, 0.717) is 0 Å². The monoisotopic (exact) mass is 301 g/mol. The van der Waals surface area contributed by atoms with Crippen molar-refractivity contribution in [2.24, 2.45) is 4.99 Å². The van der Waals surface area contributed by atoms with Crippen molar-refractivity contribution in [2.45, 2.75) is 19.3 Å². The molecule has 0 atom stereocenters. The number of ether oxygens (including phenoxy) is 1. The summed E-state index contributed by atoms with van der Waals surface area (Å²) >= 11 is 0. The largest absolute Gasteiger partial charge is 0.497 e. The van der Waals surface area contributed by atoms with Gasteiger partial charge in [0.2, 0.25) is 0 Å². The van der Waals surface area contributed by atoms with Gasteiger partial charge in [0.25, 0.3) is 0 Å². The maximum atomic E-state index is 5.34. The fourth-order valence-electron chi connectivity index (χ4n) is 3.28. The molecule has 0 aliphatic heterocycles. The van der Waals surface area contributed by atoms with E-state index in [1.807, 2.05) is 6.07 Å². The predicted octanol–water partition coefficient (Wildman–Crippen LogP) is 5.31. The number of hydrogen-bond donors (Lipinski definition) is 0. The molecule has 114 valence electrons. The zero-order chi connectivity index (χ0) is 15.6. The molecule has 3 aromatic rings. The first-order chi connectivity index (χ1) is 11.3. The molecule has 4 rings (SSSR count). The summed E-state index contributed by atoms with van der Waals surface area (Å²) in [7, 11) is 1.72. The van der Waals surface area contributed by atoms with Crippen LogP contribution in [0.25, 0.3) is 10.8 Å². The van der Waals surface area contributed by atoms with E-state index in [1.165, 1.54) is 27.6 Å². The summed E-state index contributed by atoms with van der Waals surface area (Å²) < 4.78 is 5.34. The van der Waals surface area contributed by atoms with E-state index in [9.17, 15) is 0 Å². The van der Waals surface area contributed by atoms with Gasteiger partial charge < -0.3 is 4.74 Å². The molecule has 0 fully saturated rings. The van der Waals surface area contributed by atoms with Crippen LogP contribution in [0.1, 0.15) is 24.0 Å². The van der Waals surface area contributed by atoms with Gasteiger partial charge in [-0.2, -0.15) is 0 Å². The average molecular weight is 301 g/mol. The van der Waals surface area contributed by atoms with E-state index in [0.717, 1.165) is 30.7 Å². The van der Waals surface area contributed by atoms with Gasteiger partial charge in [-0.1, -0.05) is 30.3 Å². The van der Waals surface area contributed by atoms with Crippen LogP contribution in [0.5, 0.6) is 5.75 Å². The zero-order valence-corrected chi connectivity index (χ0v) is 13.3. The molecule has 0 saturated heterocycles. The molecular weight excluding hydrogens is 282 g/mol. The standard InChI is InChI=1S/C21H19NO/c1-23-19-11-12-20-17(14-19)7-4-8-21(20)22-18-10-9-15-5-2-3-6-16(15)13-18/h2-3,5-6,9-14H,4,7-8H2,1H3. The Labute approximate surface area is 136 Å². The molecule has 23 heavy (non-hydrogen) atoms. The fraction of sp³-hybridized carbons (Fsp3) is 0.190. The Morgan fingerprint density at radius 3 is 2.61 bits per heavy atom. The Balaban J connectivity index is 1.76. The minimum atomic E-state index is 0.927. The van der Waals surface area contributed by atoms with Crippen LogP contribution < -0.4 is 4.74 Å². The van der Waals surface area contributed by atoms with Crippen molar-refractivity contribution in [1.29, 1.82) is 0 Å². The van der Waals surface area contributed by atoms with Crippen LogP contribution in [0.3, 0.4) is 0 Å². The molecule has 0 N–H and O–H groups in total. The van der Waals surface area contributed by atoms with Gasteiger partial charge in [-0.3, -0.25) is 4.99 Å². The zero-order valence-electron chi connectivity index (χ0n) is 13.3. The SMILES string of the molecule is COc1ccc2c(c1)CCCC2=Nc1ccc2ccccc2c1. The van der Waals surface area contributed by atoms with Crippen molar-refractivity contribution in [3.63, 3.8) is 0 Å². The van der Waals surface area contributed by atoms with E-state index in [2.05, 4.69) is 54.6 Å². The number of aliphatic imine (C=N–C) groups is 1. The van der Waals surface area contributed by atoms with E-state index in [-0.39, 0.29) is 0 Å². The topological polar surface area (TPSA) is 21.6 Å². The highest BCUT2D eigenvalue weighted by atomic mass is 16.5. The first-order valence-electron chi connectivity index (χ1n) is 8.07. The lowest BCUT2D eigenvalue weighted by Gasteiger charge is -2.18. The second-order valence-electron chi connectivity index (χ2n) is 5.97. The summed E-state index contributed by atoms with van der Waals surface area (Å²) in [4.78, 5) is 4.94. The van der Waals surface area contributed by atoms with Crippen molar-refractivity contribution in [1.82, 2.24) is 0 Å². The minimum absolute atomic E-state index is 0.927. The second kappa shape index (κ2) is 5.88. The maximum absolute atomic E-state index is 5.34. The number of methoxy groups -OCH3 is 1. The van der Waals surface area contributed by atoms with Gasteiger partial charge >= 0.3 is 0 Å². The molecule has 0 bridgehead atoms. The Bertz CT molecular complexity index is 895. The number of hydrogen-bond acceptors (Lipinski definition) is 2. The number of aryl methyl sites for hydroxylation is 1. The van der Waals surface area contributed by atoms with Crippen LogP contribution in [0.15, 0.2) is 65.7 Å². The molecule has 2 nitrogen and oxygen atoms in total. The summed E-state index contributed by atoms with van der Waals surface area (Å²) in [6.45, 7) is 0. The van der Waals surface area contributed by atoms with E-state index in [1.54, 1.807) is 7.11 Å². The third-order valence-electron chi connectivity index (χ3n) is 4.48. The van der Waals surface area contributed by atoms with Crippen LogP contribution in [-0.4, -0.2) is 12.8 Å². The van der Waals surface area contributed by atoms with Crippen LogP contribution in [0, 0.1) is 0 Å². The smallest absolute Gasteiger partial charge is 0.119 e. The van der Waals surface area contributed by atoms with Crippen LogP contribution in [0.4, 0.5) is 5.69 Å². The molecule has 2 heteroatoms. The van der Waals surface area contributed by atoms with Crippen LogP contribution in [0.2, 0.25) is 0 Å². The van der Waals surface area contributed by atoms with Gasteiger partial charge in [0, 0.05) is 5.71 Å². The van der Waals surface area contributed by atoms with Crippen molar-refractivity contribution in [3.05, 3.63) is 71.8 Å². The van der Waals surface area contributed by atoms with Gasteiger partial charge in [-0.05, 0) is 71.5 Å². The average Bonchev–Trinajstić information content (AvgIpc) is 2.61. The first-order valence-corrected chi connectivity index (χ1v) is 8.07. The molecule has 0 spiro atoms. The third kappa shape index (κ3) is 2.72. The molecule has 1 aliphatic carbocycles. The predicted molar refractivity (Wildman–Crippen MR) is 96.1 cm³/mol. The molecule has 0 aromatic heterocycles. The molecule has 0 radical (unpaired) electrons. The number of nitrogens with zero attached hydrogens (tertiary/aromatic N) is 1. The molecule has 1 aliphatic rings. The fourth-order valence-corrected chi connectivity index (χ4v) is 3.28. The van der Waals surface area contributed by atoms with E-state index >= 15 is 0 Å². The van der Waals surface area contributed by atoms with E-state index in [4.69, 9.17) is 9.73 Å². The van der Waals surface area contributed by atoms with E-state index < -0.39 is 0 Å². The van der Waals surface area contributed by atoms with Gasteiger partial charge in [0.15, 0.2) is 0 Å². The lowest BCUT2D eigenvalue weighted by atomic mass is 9.89. The van der Waals surface area contributed by atoms with Gasteiger partial charge in [-0.25, -0.2) is 0 Å². The molecule has 0 amide bonds. The molecular formula is C21H19NO. The quantitative estimate of drug-likeness (QED) is 0.629. The third-order valence-corrected chi connectivity index (χ3v) is 4.48. The Hall–Kier alpha value is -2.61. The number of rotatable bonds is 2. The van der Waals surface area contributed by atoms with Crippen molar-refractivity contribution in [3.8, 4) is 5.75 Å². The number of benzene rings is 3.